The highest BCUT2D eigenvalue weighted by Crippen LogP contribution is 2.64. The summed E-state index contributed by atoms with van der Waals surface area (Å²) in [6.07, 6.45) is 8.14. The van der Waals surface area contributed by atoms with E-state index in [1.165, 1.54) is 44.2 Å². The number of fused-ring (bicyclic) bond motifs is 1. The summed E-state index contributed by atoms with van der Waals surface area (Å²) in [5.41, 5.74) is 6.87. The van der Waals surface area contributed by atoms with E-state index in [1.54, 1.807) is 16.7 Å². The van der Waals surface area contributed by atoms with Crippen molar-refractivity contribution in [2.75, 3.05) is 19.0 Å². The van der Waals surface area contributed by atoms with Crippen LogP contribution in [0.4, 0.5) is 5.69 Å². The molecule has 1 heteroatoms. The van der Waals surface area contributed by atoms with Gasteiger partial charge in [0.2, 0.25) is 0 Å². The molecule has 2 aliphatic rings. The lowest BCUT2D eigenvalue weighted by molar-refractivity contribution is 0.0578. The van der Waals surface area contributed by atoms with Crippen LogP contribution in [-0.4, -0.2) is 14.1 Å². The standard InChI is InChI=1S/C28H45N/c1-9-28-18-25(23-13-15-24(16-14-23)29(7)8)27(20(4)11-10-19(2)3)22(6)26(28)17-12-21(28)5/h13-16,19,21-22,25-26H,9-12,17-18H2,1-8H3/b27-20-. The minimum atomic E-state index is 0.534. The van der Waals surface area contributed by atoms with Crippen LogP contribution in [0.3, 0.4) is 0 Å². The summed E-state index contributed by atoms with van der Waals surface area (Å²) in [5, 5.41) is 0. The first kappa shape index (κ1) is 22.4. The zero-order valence-electron chi connectivity index (χ0n) is 20.4. The first-order valence-electron chi connectivity index (χ1n) is 12.2. The van der Waals surface area contributed by atoms with Crippen LogP contribution < -0.4 is 4.90 Å². The van der Waals surface area contributed by atoms with Crippen molar-refractivity contribution in [1.29, 1.82) is 0 Å². The van der Waals surface area contributed by atoms with E-state index >= 15 is 0 Å². The molecule has 1 aromatic rings. The summed E-state index contributed by atoms with van der Waals surface area (Å²) < 4.78 is 0. The number of benzene rings is 1. The van der Waals surface area contributed by atoms with Crippen molar-refractivity contribution in [2.24, 2.45) is 29.1 Å². The molecule has 3 rings (SSSR count). The Labute approximate surface area is 181 Å². The highest BCUT2D eigenvalue weighted by atomic mass is 15.1. The topological polar surface area (TPSA) is 3.24 Å². The number of hydrogen-bond donors (Lipinski definition) is 0. The van der Waals surface area contributed by atoms with Crippen LogP contribution in [-0.2, 0) is 0 Å². The maximum Gasteiger partial charge on any atom is 0.0361 e. The van der Waals surface area contributed by atoms with Crippen LogP contribution in [0.5, 0.6) is 0 Å². The molecule has 2 aliphatic carbocycles. The molecule has 162 valence electrons. The monoisotopic (exact) mass is 395 g/mol. The molecule has 0 aromatic heterocycles. The molecular weight excluding hydrogens is 350 g/mol. The van der Waals surface area contributed by atoms with Crippen molar-refractivity contribution in [3.8, 4) is 0 Å². The minimum absolute atomic E-state index is 0.534. The quantitative estimate of drug-likeness (QED) is 0.440. The van der Waals surface area contributed by atoms with E-state index in [9.17, 15) is 0 Å². The van der Waals surface area contributed by atoms with E-state index in [0.717, 1.165) is 23.7 Å². The summed E-state index contributed by atoms with van der Waals surface area (Å²) in [4.78, 5) is 2.21. The van der Waals surface area contributed by atoms with E-state index in [0.29, 0.717) is 11.3 Å². The molecule has 5 unspecified atom stereocenters. The second-order valence-corrected chi connectivity index (χ2v) is 10.9. The molecule has 0 saturated heterocycles. The van der Waals surface area contributed by atoms with Crippen molar-refractivity contribution >= 4 is 5.69 Å². The number of anilines is 1. The van der Waals surface area contributed by atoms with Gasteiger partial charge in [-0.15, -0.1) is 0 Å². The van der Waals surface area contributed by atoms with Gasteiger partial charge in [0.1, 0.15) is 0 Å². The van der Waals surface area contributed by atoms with Gasteiger partial charge in [-0.1, -0.05) is 57.9 Å². The smallest absolute Gasteiger partial charge is 0.0361 e. The van der Waals surface area contributed by atoms with E-state index < -0.39 is 0 Å². The van der Waals surface area contributed by atoms with Gasteiger partial charge in [0.25, 0.3) is 0 Å². The Kier molecular flexibility index (Phi) is 6.86. The molecule has 1 nitrogen and oxygen atoms in total. The van der Waals surface area contributed by atoms with Gasteiger partial charge in [-0.3, -0.25) is 0 Å². The Morgan fingerprint density at radius 3 is 2.31 bits per heavy atom. The normalized spacial score (nSPS) is 33.7. The third-order valence-electron chi connectivity index (χ3n) is 8.74. The number of hydrogen-bond acceptors (Lipinski definition) is 1. The first-order chi connectivity index (χ1) is 13.7. The van der Waals surface area contributed by atoms with Crippen molar-refractivity contribution in [1.82, 2.24) is 0 Å². The summed E-state index contributed by atoms with van der Waals surface area (Å²) in [7, 11) is 4.27. The largest absolute Gasteiger partial charge is 0.378 e. The lowest BCUT2D eigenvalue weighted by Gasteiger charge is -2.51. The summed E-state index contributed by atoms with van der Waals surface area (Å²) in [6, 6.07) is 9.49. The van der Waals surface area contributed by atoms with Gasteiger partial charge in [0.15, 0.2) is 0 Å². The average molecular weight is 396 g/mol. The van der Waals surface area contributed by atoms with Gasteiger partial charge in [-0.2, -0.15) is 0 Å². The van der Waals surface area contributed by atoms with Crippen LogP contribution in [0, 0.1) is 29.1 Å². The fraction of sp³-hybridized carbons (Fsp3) is 0.714. The van der Waals surface area contributed by atoms with Crippen LogP contribution in [0.25, 0.3) is 0 Å². The highest BCUT2D eigenvalue weighted by Gasteiger charge is 2.54. The zero-order chi connectivity index (χ0) is 21.3. The van der Waals surface area contributed by atoms with Gasteiger partial charge in [-0.25, -0.2) is 0 Å². The number of allylic oxidation sites excluding steroid dienone is 2. The van der Waals surface area contributed by atoms with Gasteiger partial charge in [-0.05, 0) is 92.2 Å². The van der Waals surface area contributed by atoms with Crippen molar-refractivity contribution in [3.63, 3.8) is 0 Å². The van der Waals surface area contributed by atoms with Gasteiger partial charge < -0.3 is 4.90 Å². The molecule has 0 amide bonds. The van der Waals surface area contributed by atoms with E-state index in [1.807, 2.05) is 0 Å². The van der Waals surface area contributed by atoms with E-state index in [2.05, 4.69) is 84.8 Å². The van der Waals surface area contributed by atoms with Gasteiger partial charge >= 0.3 is 0 Å². The van der Waals surface area contributed by atoms with Crippen LogP contribution in [0.2, 0.25) is 0 Å². The maximum absolute atomic E-state index is 2.57. The molecule has 0 aliphatic heterocycles. The first-order valence-corrected chi connectivity index (χ1v) is 12.2. The maximum atomic E-state index is 2.57. The molecule has 0 heterocycles. The summed E-state index contributed by atoms with van der Waals surface area (Å²) in [6.45, 7) is 14.8. The Morgan fingerprint density at radius 1 is 1.10 bits per heavy atom. The second kappa shape index (κ2) is 8.86. The minimum Gasteiger partial charge on any atom is -0.378 e. The zero-order valence-corrected chi connectivity index (χ0v) is 20.4. The Hall–Kier alpha value is -1.24. The third-order valence-corrected chi connectivity index (χ3v) is 8.74. The number of rotatable bonds is 6. The molecular formula is C28H45N. The highest BCUT2D eigenvalue weighted by molar-refractivity contribution is 5.48. The van der Waals surface area contributed by atoms with Crippen LogP contribution in [0.15, 0.2) is 35.4 Å². The third kappa shape index (κ3) is 4.17. The summed E-state index contributed by atoms with van der Waals surface area (Å²) in [5.74, 6) is 3.85. The molecule has 0 N–H and O–H groups in total. The van der Waals surface area contributed by atoms with Crippen molar-refractivity contribution < 1.29 is 0 Å². The molecule has 0 bridgehead atoms. The molecule has 0 spiro atoms. The SMILES string of the molecule is CCC12CC(c3ccc(N(C)C)cc3)/C(=C(/C)CCC(C)C)C(C)C1CCC2C. The predicted octanol–water partition coefficient (Wildman–Crippen LogP) is 8.07. The Bertz CT molecular complexity index is 710. The molecule has 0 radical (unpaired) electrons. The lowest BCUT2D eigenvalue weighted by atomic mass is 9.53. The van der Waals surface area contributed by atoms with Crippen molar-refractivity contribution in [2.45, 2.75) is 86.0 Å². The fourth-order valence-electron chi connectivity index (χ4n) is 6.89. The predicted molar refractivity (Wildman–Crippen MR) is 129 cm³/mol. The lowest BCUT2D eigenvalue weighted by Crippen LogP contribution is -2.42. The molecule has 2 saturated carbocycles. The Morgan fingerprint density at radius 2 is 1.76 bits per heavy atom. The van der Waals surface area contributed by atoms with Crippen LogP contribution in [0.1, 0.15) is 91.5 Å². The summed E-state index contributed by atoms with van der Waals surface area (Å²) >= 11 is 0. The van der Waals surface area contributed by atoms with Crippen LogP contribution >= 0.6 is 0 Å². The molecule has 1 aromatic carbocycles. The van der Waals surface area contributed by atoms with E-state index in [-0.39, 0.29) is 0 Å². The average Bonchev–Trinajstić information content (AvgIpc) is 3.03. The second-order valence-electron chi connectivity index (χ2n) is 10.9. The van der Waals surface area contributed by atoms with Gasteiger partial charge in [0.05, 0.1) is 0 Å². The molecule has 5 atom stereocenters. The fourth-order valence-corrected chi connectivity index (χ4v) is 6.89. The molecule has 29 heavy (non-hydrogen) atoms. The van der Waals surface area contributed by atoms with E-state index in [4.69, 9.17) is 0 Å². The molecule has 2 fully saturated rings. The van der Waals surface area contributed by atoms with Crippen molar-refractivity contribution in [3.05, 3.63) is 41.0 Å². The van der Waals surface area contributed by atoms with Gasteiger partial charge in [0, 0.05) is 25.7 Å². The number of nitrogens with zero attached hydrogens (tertiary/aromatic N) is 1. The Balaban J connectivity index is 2.05.